The Kier molecular flexibility index (Phi) is 7.51. The third-order valence-corrected chi connectivity index (χ3v) is 8.78. The molecule has 1 fully saturated rings. The molecule has 2 amide bonds. The SMILES string of the molecule is O=C(CSc1nnc(NC(=O)C2(c3cccs3)CCCC2)s1)Nc1cc(C(F)(F)F)ccc1Cl. The van der Waals surface area contributed by atoms with Gasteiger partial charge in [-0.2, -0.15) is 13.2 Å². The number of hydrogen-bond donors (Lipinski definition) is 2. The van der Waals surface area contributed by atoms with Crippen molar-refractivity contribution in [2.75, 3.05) is 16.4 Å². The van der Waals surface area contributed by atoms with Gasteiger partial charge in [-0.05, 0) is 42.5 Å². The van der Waals surface area contributed by atoms with Gasteiger partial charge in [0.2, 0.25) is 16.9 Å². The zero-order chi connectivity index (χ0) is 24.3. The van der Waals surface area contributed by atoms with Gasteiger partial charge in [0.15, 0.2) is 4.34 Å². The molecule has 6 nitrogen and oxygen atoms in total. The molecular formula is C21H18ClF3N4O2S3. The van der Waals surface area contributed by atoms with E-state index in [1.165, 1.54) is 0 Å². The van der Waals surface area contributed by atoms with E-state index in [4.69, 9.17) is 11.6 Å². The lowest BCUT2D eigenvalue weighted by Crippen LogP contribution is -2.37. The van der Waals surface area contributed by atoms with Crippen molar-refractivity contribution in [3.63, 3.8) is 0 Å². The van der Waals surface area contributed by atoms with Crippen LogP contribution < -0.4 is 10.6 Å². The first kappa shape index (κ1) is 25.0. The third kappa shape index (κ3) is 5.56. The zero-order valence-corrected chi connectivity index (χ0v) is 20.7. The van der Waals surface area contributed by atoms with Crippen LogP contribution in [0.2, 0.25) is 5.02 Å². The maximum atomic E-state index is 13.1. The quantitative estimate of drug-likeness (QED) is 0.263. The van der Waals surface area contributed by atoms with Crippen molar-refractivity contribution in [2.45, 2.75) is 41.6 Å². The average Bonchev–Trinajstić information content (AvgIpc) is 3.55. The molecule has 1 aliphatic carbocycles. The number of anilines is 2. The number of benzene rings is 1. The molecule has 0 spiro atoms. The highest BCUT2D eigenvalue weighted by Crippen LogP contribution is 2.44. The highest BCUT2D eigenvalue weighted by Gasteiger charge is 2.43. The van der Waals surface area contributed by atoms with Crippen molar-refractivity contribution in [2.24, 2.45) is 0 Å². The second-order valence-corrected chi connectivity index (χ2v) is 11.2. The molecule has 0 bridgehead atoms. The normalized spacial score (nSPS) is 15.3. The number of carbonyl (C=O) groups is 2. The lowest BCUT2D eigenvalue weighted by atomic mass is 9.83. The van der Waals surface area contributed by atoms with Gasteiger partial charge in [0.1, 0.15) is 0 Å². The number of thioether (sulfide) groups is 1. The van der Waals surface area contributed by atoms with E-state index in [1.807, 2.05) is 17.5 Å². The van der Waals surface area contributed by atoms with Gasteiger partial charge in [-0.1, -0.05) is 53.6 Å². The van der Waals surface area contributed by atoms with E-state index in [0.717, 1.165) is 71.9 Å². The molecule has 0 radical (unpaired) electrons. The first-order chi connectivity index (χ1) is 16.2. The van der Waals surface area contributed by atoms with E-state index in [9.17, 15) is 22.8 Å². The third-order valence-electron chi connectivity index (χ3n) is 5.41. The lowest BCUT2D eigenvalue weighted by Gasteiger charge is -2.25. The molecule has 13 heteroatoms. The van der Waals surface area contributed by atoms with Gasteiger partial charge in [0.05, 0.1) is 27.4 Å². The minimum Gasteiger partial charge on any atom is -0.324 e. The second-order valence-electron chi connectivity index (χ2n) is 7.62. The number of hydrogen-bond acceptors (Lipinski definition) is 7. The molecule has 4 rings (SSSR count). The van der Waals surface area contributed by atoms with Gasteiger partial charge < -0.3 is 5.32 Å². The van der Waals surface area contributed by atoms with Gasteiger partial charge in [0, 0.05) is 4.88 Å². The number of nitrogens with zero attached hydrogens (tertiary/aromatic N) is 2. The fourth-order valence-corrected chi connectivity index (χ4v) is 6.46. The molecule has 180 valence electrons. The monoisotopic (exact) mass is 546 g/mol. The Morgan fingerprint density at radius 3 is 2.59 bits per heavy atom. The van der Waals surface area contributed by atoms with Crippen molar-refractivity contribution in [3.05, 3.63) is 51.2 Å². The van der Waals surface area contributed by atoms with Crippen LogP contribution in [0, 0.1) is 0 Å². The number of aromatic nitrogens is 2. The van der Waals surface area contributed by atoms with E-state index in [-0.39, 0.29) is 22.4 Å². The Hall–Kier alpha value is -2.15. The molecule has 1 saturated carbocycles. The van der Waals surface area contributed by atoms with E-state index in [0.29, 0.717) is 9.47 Å². The van der Waals surface area contributed by atoms with Crippen LogP contribution in [0.3, 0.4) is 0 Å². The molecule has 0 atom stereocenters. The van der Waals surface area contributed by atoms with E-state index < -0.39 is 23.1 Å². The van der Waals surface area contributed by atoms with Crippen LogP contribution in [0.4, 0.5) is 24.0 Å². The molecule has 2 heterocycles. The molecular weight excluding hydrogens is 529 g/mol. The van der Waals surface area contributed by atoms with Crippen LogP contribution in [0.5, 0.6) is 0 Å². The Labute approximate surface area is 210 Å². The van der Waals surface area contributed by atoms with Crippen LogP contribution in [-0.4, -0.2) is 27.8 Å². The summed E-state index contributed by atoms with van der Waals surface area (Å²) in [5.41, 5.74) is -1.59. The number of nitrogens with one attached hydrogen (secondary N) is 2. The van der Waals surface area contributed by atoms with Gasteiger partial charge in [-0.15, -0.1) is 21.5 Å². The highest BCUT2D eigenvalue weighted by molar-refractivity contribution is 8.01. The van der Waals surface area contributed by atoms with Crippen molar-refractivity contribution in [1.82, 2.24) is 10.2 Å². The summed E-state index contributed by atoms with van der Waals surface area (Å²) in [7, 11) is 0. The predicted octanol–water partition coefficient (Wildman–Crippen LogP) is 6.45. The van der Waals surface area contributed by atoms with Crippen molar-refractivity contribution < 1.29 is 22.8 Å². The molecule has 34 heavy (non-hydrogen) atoms. The summed E-state index contributed by atoms with van der Waals surface area (Å²) in [6.45, 7) is 0. The van der Waals surface area contributed by atoms with Gasteiger partial charge in [0.25, 0.3) is 0 Å². The number of rotatable bonds is 7. The number of carbonyl (C=O) groups excluding carboxylic acids is 2. The van der Waals surface area contributed by atoms with Crippen LogP contribution in [0.25, 0.3) is 0 Å². The maximum Gasteiger partial charge on any atom is 0.416 e. The maximum absolute atomic E-state index is 13.1. The Bertz CT molecular complexity index is 1180. The number of halogens is 4. The minimum absolute atomic E-state index is 0.00107. The molecule has 1 aliphatic rings. The molecule has 3 aromatic rings. The van der Waals surface area contributed by atoms with Crippen LogP contribution in [0.15, 0.2) is 40.1 Å². The molecule has 1 aromatic carbocycles. The molecule has 2 N–H and O–H groups in total. The minimum atomic E-state index is -4.55. The van der Waals surface area contributed by atoms with Crippen LogP contribution >= 0.6 is 46.0 Å². The summed E-state index contributed by atoms with van der Waals surface area (Å²) in [6, 6.07) is 6.63. The topological polar surface area (TPSA) is 84.0 Å². The number of thiophene rings is 1. The molecule has 0 unspecified atom stereocenters. The highest BCUT2D eigenvalue weighted by atomic mass is 35.5. The molecule has 2 aromatic heterocycles. The van der Waals surface area contributed by atoms with Crippen molar-refractivity contribution >= 4 is 68.7 Å². The summed E-state index contributed by atoms with van der Waals surface area (Å²) < 4.78 is 39.1. The molecule has 0 aliphatic heterocycles. The van der Waals surface area contributed by atoms with Crippen molar-refractivity contribution in [3.8, 4) is 0 Å². The summed E-state index contributed by atoms with van der Waals surface area (Å²) in [5.74, 6) is -0.777. The summed E-state index contributed by atoms with van der Waals surface area (Å²) in [4.78, 5) is 26.4. The largest absolute Gasteiger partial charge is 0.416 e. The van der Waals surface area contributed by atoms with Crippen LogP contribution in [0.1, 0.15) is 36.1 Å². The van der Waals surface area contributed by atoms with Gasteiger partial charge in [-0.3, -0.25) is 14.9 Å². The number of alkyl halides is 3. The van der Waals surface area contributed by atoms with Crippen LogP contribution in [-0.2, 0) is 21.2 Å². The number of amides is 2. The first-order valence-corrected chi connectivity index (χ1v) is 13.2. The summed E-state index contributed by atoms with van der Waals surface area (Å²) in [5, 5.41) is 15.5. The van der Waals surface area contributed by atoms with E-state index in [2.05, 4.69) is 20.8 Å². The predicted molar refractivity (Wildman–Crippen MR) is 129 cm³/mol. The van der Waals surface area contributed by atoms with E-state index >= 15 is 0 Å². The van der Waals surface area contributed by atoms with Gasteiger partial charge in [-0.25, -0.2) is 0 Å². The average molecular weight is 547 g/mol. The Morgan fingerprint density at radius 2 is 1.91 bits per heavy atom. The Balaban J connectivity index is 1.35. The Morgan fingerprint density at radius 1 is 1.15 bits per heavy atom. The van der Waals surface area contributed by atoms with Gasteiger partial charge >= 0.3 is 6.18 Å². The first-order valence-electron chi connectivity index (χ1n) is 10.2. The molecule has 0 saturated heterocycles. The lowest BCUT2D eigenvalue weighted by molar-refractivity contribution is -0.137. The standard InChI is InChI=1S/C21H18ClF3N4O2S3/c22-13-6-5-12(21(23,24)25)10-14(13)26-16(30)11-33-19-29-28-18(34-19)27-17(31)20(7-1-2-8-20)15-4-3-9-32-15/h3-6,9-10H,1-2,7-8,11H2,(H,26,30)(H,27,28,31). The smallest absolute Gasteiger partial charge is 0.324 e. The second kappa shape index (κ2) is 10.2. The fourth-order valence-electron chi connectivity index (χ4n) is 3.76. The zero-order valence-electron chi connectivity index (χ0n) is 17.4. The fraction of sp³-hybridized carbons (Fsp3) is 0.333. The van der Waals surface area contributed by atoms with Crippen molar-refractivity contribution in [1.29, 1.82) is 0 Å². The summed E-state index contributed by atoms with van der Waals surface area (Å²) in [6.07, 6.45) is -1.04. The summed E-state index contributed by atoms with van der Waals surface area (Å²) >= 11 is 9.67. The van der Waals surface area contributed by atoms with E-state index in [1.54, 1.807) is 11.3 Å².